The molecule has 0 spiro atoms. The summed E-state index contributed by atoms with van der Waals surface area (Å²) in [5.74, 6) is 0. The summed E-state index contributed by atoms with van der Waals surface area (Å²) in [5.41, 5.74) is 3.21. The highest BCUT2D eigenvalue weighted by molar-refractivity contribution is 5.38. The Labute approximate surface area is 83.5 Å². The van der Waals surface area contributed by atoms with Crippen molar-refractivity contribution in [2.75, 3.05) is 13.2 Å². The van der Waals surface area contributed by atoms with Gasteiger partial charge in [-0.05, 0) is 36.0 Å². The van der Waals surface area contributed by atoms with Crippen molar-refractivity contribution in [3.8, 4) is 0 Å². The van der Waals surface area contributed by atoms with E-state index in [-0.39, 0.29) is 0 Å². The Hall–Kier alpha value is -0.860. The van der Waals surface area contributed by atoms with Gasteiger partial charge in [0.2, 0.25) is 0 Å². The summed E-state index contributed by atoms with van der Waals surface area (Å²) < 4.78 is 5.06. The lowest BCUT2D eigenvalue weighted by Gasteiger charge is -2.37. The van der Waals surface area contributed by atoms with Crippen LogP contribution in [0.25, 0.3) is 0 Å². The van der Waals surface area contributed by atoms with Crippen molar-refractivity contribution in [2.45, 2.75) is 24.9 Å². The number of aliphatic hydroxyl groups is 1. The predicted octanol–water partition coefficient (Wildman–Crippen LogP) is 1.39. The van der Waals surface area contributed by atoms with Crippen molar-refractivity contribution in [2.24, 2.45) is 0 Å². The molecule has 2 nitrogen and oxygen atoms in total. The summed E-state index contributed by atoms with van der Waals surface area (Å²) >= 11 is 0. The molecule has 1 aliphatic heterocycles. The van der Waals surface area contributed by atoms with E-state index in [1.165, 1.54) is 30.4 Å². The van der Waals surface area contributed by atoms with E-state index in [1.807, 2.05) is 6.07 Å². The van der Waals surface area contributed by atoms with Crippen LogP contribution in [0.2, 0.25) is 0 Å². The molecule has 0 aromatic heterocycles. The van der Waals surface area contributed by atoms with Gasteiger partial charge in [-0.3, -0.25) is 0 Å². The number of hydrogen-bond donors (Lipinski definition) is 1. The van der Waals surface area contributed by atoms with E-state index in [0.29, 0.717) is 13.2 Å². The first kappa shape index (κ1) is 8.45. The van der Waals surface area contributed by atoms with Crippen LogP contribution >= 0.6 is 0 Å². The molecule has 0 unspecified atom stereocenters. The maximum absolute atomic E-state index is 10.1. The zero-order chi connectivity index (χ0) is 9.60. The third-order valence-electron chi connectivity index (χ3n) is 3.32. The first-order chi connectivity index (χ1) is 6.78. The zero-order valence-electron chi connectivity index (χ0n) is 8.12. The van der Waals surface area contributed by atoms with E-state index in [9.17, 15) is 5.11 Å². The molecule has 2 heteroatoms. The highest BCUT2D eigenvalue weighted by atomic mass is 16.5. The molecule has 1 aromatic rings. The van der Waals surface area contributed by atoms with Crippen molar-refractivity contribution >= 4 is 0 Å². The highest BCUT2D eigenvalue weighted by Gasteiger charge is 2.38. The topological polar surface area (TPSA) is 29.5 Å². The Balaban J connectivity index is 2.00. The predicted molar refractivity (Wildman–Crippen MR) is 53.2 cm³/mol. The average Bonchev–Trinajstić information content (AvgIpc) is 2.60. The summed E-state index contributed by atoms with van der Waals surface area (Å²) in [6.45, 7) is 0.900. The lowest BCUT2D eigenvalue weighted by molar-refractivity contribution is -0.184. The van der Waals surface area contributed by atoms with Crippen LogP contribution in [-0.2, 0) is 23.2 Å². The molecule has 2 aliphatic rings. The Morgan fingerprint density at radius 3 is 2.64 bits per heavy atom. The molecule has 14 heavy (non-hydrogen) atoms. The Bertz CT molecular complexity index is 367. The van der Waals surface area contributed by atoms with Gasteiger partial charge in [-0.2, -0.15) is 0 Å². The monoisotopic (exact) mass is 190 g/mol. The van der Waals surface area contributed by atoms with E-state index in [2.05, 4.69) is 12.1 Å². The number of fused-ring (bicyclic) bond motifs is 1. The van der Waals surface area contributed by atoms with Crippen LogP contribution < -0.4 is 0 Å². The first-order valence-corrected chi connectivity index (χ1v) is 5.20. The van der Waals surface area contributed by atoms with E-state index in [1.54, 1.807) is 0 Å². The van der Waals surface area contributed by atoms with Gasteiger partial charge >= 0.3 is 0 Å². The standard InChI is InChI=1S/C12H14O2/c13-12(7-14-8-12)11-5-4-9-2-1-3-10(9)6-11/h4-6,13H,1-3,7-8H2. The fraction of sp³-hybridized carbons (Fsp3) is 0.500. The van der Waals surface area contributed by atoms with Gasteiger partial charge in [0.25, 0.3) is 0 Å². The number of benzene rings is 1. The second-order valence-corrected chi connectivity index (χ2v) is 4.36. The van der Waals surface area contributed by atoms with Gasteiger partial charge in [0.05, 0.1) is 13.2 Å². The number of hydrogen-bond acceptors (Lipinski definition) is 2. The van der Waals surface area contributed by atoms with E-state index in [0.717, 1.165) is 5.56 Å². The lowest BCUT2D eigenvalue weighted by Crippen LogP contribution is -2.46. The molecule has 3 rings (SSSR count). The van der Waals surface area contributed by atoms with Crippen LogP contribution in [-0.4, -0.2) is 18.3 Å². The fourth-order valence-electron chi connectivity index (χ4n) is 2.32. The molecule has 0 saturated carbocycles. The summed E-state index contributed by atoms with van der Waals surface area (Å²) in [5, 5.41) is 10.1. The highest BCUT2D eigenvalue weighted by Crippen LogP contribution is 2.32. The van der Waals surface area contributed by atoms with Crippen LogP contribution in [0, 0.1) is 0 Å². The Morgan fingerprint density at radius 2 is 1.93 bits per heavy atom. The summed E-state index contributed by atoms with van der Waals surface area (Å²) in [6.07, 6.45) is 3.62. The number of rotatable bonds is 1. The van der Waals surface area contributed by atoms with Crippen molar-refractivity contribution in [1.29, 1.82) is 0 Å². The maximum atomic E-state index is 10.1. The van der Waals surface area contributed by atoms with E-state index in [4.69, 9.17) is 4.74 Å². The smallest absolute Gasteiger partial charge is 0.136 e. The average molecular weight is 190 g/mol. The normalized spacial score (nSPS) is 22.9. The van der Waals surface area contributed by atoms with Crippen LogP contribution in [0.5, 0.6) is 0 Å². The van der Waals surface area contributed by atoms with Gasteiger partial charge in [0.15, 0.2) is 0 Å². The number of ether oxygens (including phenoxy) is 1. The van der Waals surface area contributed by atoms with E-state index >= 15 is 0 Å². The molecule has 1 fully saturated rings. The van der Waals surface area contributed by atoms with Crippen molar-refractivity contribution in [1.82, 2.24) is 0 Å². The van der Waals surface area contributed by atoms with Crippen LogP contribution in [0.4, 0.5) is 0 Å². The van der Waals surface area contributed by atoms with Gasteiger partial charge in [-0.15, -0.1) is 0 Å². The third-order valence-corrected chi connectivity index (χ3v) is 3.32. The van der Waals surface area contributed by atoms with Crippen LogP contribution in [0.3, 0.4) is 0 Å². The second-order valence-electron chi connectivity index (χ2n) is 4.36. The zero-order valence-corrected chi connectivity index (χ0v) is 8.12. The van der Waals surface area contributed by atoms with Crippen LogP contribution in [0.1, 0.15) is 23.1 Å². The SMILES string of the molecule is OC1(c2ccc3c(c2)CCC3)COC1. The van der Waals surface area contributed by atoms with Crippen molar-refractivity contribution in [3.63, 3.8) is 0 Å². The van der Waals surface area contributed by atoms with Gasteiger partial charge in [-0.1, -0.05) is 18.2 Å². The van der Waals surface area contributed by atoms with Crippen molar-refractivity contribution in [3.05, 3.63) is 34.9 Å². The molecule has 0 bridgehead atoms. The number of aryl methyl sites for hydroxylation is 2. The largest absolute Gasteiger partial charge is 0.380 e. The molecule has 0 atom stereocenters. The molecule has 1 heterocycles. The van der Waals surface area contributed by atoms with Crippen molar-refractivity contribution < 1.29 is 9.84 Å². The second kappa shape index (κ2) is 2.81. The van der Waals surface area contributed by atoms with Gasteiger partial charge in [-0.25, -0.2) is 0 Å². The molecule has 1 aromatic carbocycles. The molecule has 1 aliphatic carbocycles. The molecule has 74 valence electrons. The quantitative estimate of drug-likeness (QED) is 0.725. The maximum Gasteiger partial charge on any atom is 0.136 e. The molecular formula is C12H14O2. The van der Waals surface area contributed by atoms with Gasteiger partial charge < -0.3 is 9.84 Å². The third kappa shape index (κ3) is 1.11. The summed E-state index contributed by atoms with van der Waals surface area (Å²) in [6, 6.07) is 6.37. The lowest BCUT2D eigenvalue weighted by atomic mass is 9.90. The molecule has 0 radical (unpaired) electrons. The molecule has 1 N–H and O–H groups in total. The van der Waals surface area contributed by atoms with Crippen LogP contribution in [0.15, 0.2) is 18.2 Å². The van der Waals surface area contributed by atoms with Gasteiger partial charge in [0.1, 0.15) is 5.60 Å². The summed E-state index contributed by atoms with van der Waals surface area (Å²) in [7, 11) is 0. The molecule has 1 saturated heterocycles. The molecular weight excluding hydrogens is 176 g/mol. The fourth-order valence-corrected chi connectivity index (χ4v) is 2.32. The first-order valence-electron chi connectivity index (χ1n) is 5.20. The Morgan fingerprint density at radius 1 is 1.14 bits per heavy atom. The molecule has 0 amide bonds. The van der Waals surface area contributed by atoms with E-state index < -0.39 is 5.60 Å². The minimum Gasteiger partial charge on any atom is -0.380 e. The van der Waals surface area contributed by atoms with Gasteiger partial charge in [0, 0.05) is 0 Å². The summed E-state index contributed by atoms with van der Waals surface area (Å²) in [4.78, 5) is 0. The Kier molecular flexibility index (Phi) is 1.70. The minimum atomic E-state index is -0.697. The minimum absolute atomic E-state index is 0.450.